The number of amides is 1. The van der Waals surface area contributed by atoms with E-state index in [-0.39, 0.29) is 30.0 Å². The Morgan fingerprint density at radius 2 is 2.19 bits per heavy atom. The number of aromatic nitrogens is 2. The summed E-state index contributed by atoms with van der Waals surface area (Å²) in [6.45, 7) is 2.77. The highest BCUT2D eigenvalue weighted by Gasteiger charge is 2.52. The SMILES string of the molecule is Cc1cnc(CNC(=O)C2=NO[C@]3(CCN(S(=O)(=O)C4CC4)C3)C2)cn1. The van der Waals surface area contributed by atoms with Crippen LogP contribution in [0.25, 0.3) is 0 Å². The molecule has 0 unspecified atom stereocenters. The molecule has 4 rings (SSSR count). The van der Waals surface area contributed by atoms with Gasteiger partial charge in [-0.1, -0.05) is 5.16 Å². The molecule has 2 aliphatic heterocycles. The molecule has 0 radical (unpaired) electrons. The fourth-order valence-corrected chi connectivity index (χ4v) is 5.16. The summed E-state index contributed by atoms with van der Waals surface area (Å²) in [6.07, 6.45) is 5.58. The van der Waals surface area contributed by atoms with E-state index in [2.05, 4.69) is 20.4 Å². The summed E-state index contributed by atoms with van der Waals surface area (Å²) in [5.74, 6) is -0.326. The van der Waals surface area contributed by atoms with Crippen LogP contribution in [0.15, 0.2) is 17.5 Å². The number of sulfonamides is 1. The van der Waals surface area contributed by atoms with Crippen molar-refractivity contribution in [2.75, 3.05) is 13.1 Å². The number of aryl methyl sites for hydroxylation is 1. The second kappa shape index (κ2) is 6.27. The second-order valence-corrected chi connectivity index (χ2v) is 9.36. The van der Waals surface area contributed by atoms with Gasteiger partial charge in [0.05, 0.1) is 35.9 Å². The third kappa shape index (κ3) is 3.30. The minimum Gasteiger partial charge on any atom is -0.387 e. The van der Waals surface area contributed by atoms with Gasteiger partial charge < -0.3 is 10.2 Å². The number of rotatable bonds is 5. The monoisotopic (exact) mass is 379 g/mol. The van der Waals surface area contributed by atoms with E-state index in [0.29, 0.717) is 25.1 Å². The summed E-state index contributed by atoms with van der Waals surface area (Å²) in [5, 5.41) is 6.44. The molecule has 9 nitrogen and oxygen atoms in total. The third-order valence-electron chi connectivity index (χ3n) is 4.95. The molecule has 0 bridgehead atoms. The van der Waals surface area contributed by atoms with Crippen LogP contribution in [0.1, 0.15) is 37.1 Å². The van der Waals surface area contributed by atoms with Gasteiger partial charge in [-0.15, -0.1) is 0 Å². The van der Waals surface area contributed by atoms with Crippen LogP contribution in [0.3, 0.4) is 0 Å². The molecular weight excluding hydrogens is 358 g/mol. The van der Waals surface area contributed by atoms with Crippen molar-refractivity contribution in [2.45, 2.75) is 50.0 Å². The first-order chi connectivity index (χ1) is 12.4. The van der Waals surface area contributed by atoms with Crippen LogP contribution >= 0.6 is 0 Å². The number of carbonyl (C=O) groups is 1. The largest absolute Gasteiger partial charge is 0.387 e. The van der Waals surface area contributed by atoms with Gasteiger partial charge in [0.2, 0.25) is 10.0 Å². The van der Waals surface area contributed by atoms with Crippen LogP contribution in [-0.4, -0.2) is 58.3 Å². The standard InChI is InChI=1S/C16H21N5O4S/c1-11-7-18-12(8-17-11)9-19-15(22)14-6-16(25-20-14)4-5-21(10-16)26(23,24)13-2-3-13/h7-8,13H,2-6,9-10H2,1H3,(H,19,22)/t16-/m1/s1. The molecule has 1 amide bonds. The molecule has 140 valence electrons. The number of nitrogens with zero attached hydrogens (tertiary/aromatic N) is 4. The van der Waals surface area contributed by atoms with Crippen molar-refractivity contribution in [3.63, 3.8) is 0 Å². The minimum absolute atomic E-state index is 0.238. The fourth-order valence-electron chi connectivity index (χ4n) is 3.25. The van der Waals surface area contributed by atoms with Crippen molar-refractivity contribution in [3.8, 4) is 0 Å². The first-order valence-electron chi connectivity index (χ1n) is 8.68. The molecule has 1 aliphatic carbocycles. The Balaban J connectivity index is 1.33. The van der Waals surface area contributed by atoms with Crippen LogP contribution in [0.5, 0.6) is 0 Å². The highest BCUT2D eigenvalue weighted by molar-refractivity contribution is 7.90. The topological polar surface area (TPSA) is 114 Å². The quantitative estimate of drug-likeness (QED) is 0.777. The van der Waals surface area contributed by atoms with Crippen molar-refractivity contribution in [1.29, 1.82) is 0 Å². The number of carbonyl (C=O) groups excluding carboxylic acids is 1. The molecular formula is C16H21N5O4S. The van der Waals surface area contributed by atoms with Crippen LogP contribution < -0.4 is 5.32 Å². The van der Waals surface area contributed by atoms with E-state index in [1.807, 2.05) is 6.92 Å². The fraction of sp³-hybridized carbons (Fsp3) is 0.625. The number of hydrogen-bond acceptors (Lipinski definition) is 7. The van der Waals surface area contributed by atoms with Gasteiger partial charge in [0.15, 0.2) is 5.60 Å². The smallest absolute Gasteiger partial charge is 0.269 e. The zero-order valence-electron chi connectivity index (χ0n) is 14.5. The normalized spacial score (nSPS) is 26.0. The Morgan fingerprint density at radius 1 is 1.38 bits per heavy atom. The van der Waals surface area contributed by atoms with Gasteiger partial charge in [0, 0.05) is 25.6 Å². The maximum Gasteiger partial charge on any atom is 0.269 e. The highest BCUT2D eigenvalue weighted by atomic mass is 32.2. The Hall–Kier alpha value is -2.07. The lowest BCUT2D eigenvalue weighted by Crippen LogP contribution is -2.39. The van der Waals surface area contributed by atoms with Crippen LogP contribution in [0.4, 0.5) is 0 Å². The van der Waals surface area contributed by atoms with Crippen molar-refractivity contribution >= 4 is 21.6 Å². The van der Waals surface area contributed by atoms with E-state index in [9.17, 15) is 13.2 Å². The van der Waals surface area contributed by atoms with Gasteiger partial charge in [-0.25, -0.2) is 8.42 Å². The summed E-state index contributed by atoms with van der Waals surface area (Å²) in [6, 6.07) is 0. The van der Waals surface area contributed by atoms with E-state index in [0.717, 1.165) is 18.5 Å². The predicted octanol–water partition coefficient (Wildman–Crippen LogP) is 0.114. The molecule has 1 aromatic rings. The Kier molecular flexibility index (Phi) is 4.19. The van der Waals surface area contributed by atoms with E-state index in [4.69, 9.17) is 4.84 Å². The van der Waals surface area contributed by atoms with Crippen molar-refractivity contribution in [2.24, 2.45) is 5.16 Å². The number of hydrogen-bond donors (Lipinski definition) is 1. The van der Waals surface area contributed by atoms with Crippen molar-refractivity contribution in [1.82, 2.24) is 19.6 Å². The zero-order chi connectivity index (χ0) is 18.4. The molecule has 1 aromatic heterocycles. The molecule has 10 heteroatoms. The van der Waals surface area contributed by atoms with Crippen molar-refractivity contribution < 1.29 is 18.0 Å². The first-order valence-corrected chi connectivity index (χ1v) is 10.2. The molecule has 1 saturated carbocycles. The summed E-state index contributed by atoms with van der Waals surface area (Å²) in [7, 11) is -3.23. The lowest BCUT2D eigenvalue weighted by Gasteiger charge is -2.21. The number of nitrogens with one attached hydrogen (secondary N) is 1. The Morgan fingerprint density at radius 3 is 2.88 bits per heavy atom. The van der Waals surface area contributed by atoms with E-state index in [1.54, 1.807) is 12.4 Å². The van der Waals surface area contributed by atoms with Crippen LogP contribution in [0, 0.1) is 6.92 Å². The zero-order valence-corrected chi connectivity index (χ0v) is 15.3. The molecule has 3 aliphatic rings. The van der Waals surface area contributed by atoms with Crippen LogP contribution in [-0.2, 0) is 26.2 Å². The maximum atomic E-state index is 12.4. The Labute approximate surface area is 151 Å². The lowest BCUT2D eigenvalue weighted by molar-refractivity contribution is -0.115. The molecule has 1 saturated heterocycles. The van der Waals surface area contributed by atoms with Gasteiger partial charge in [0.25, 0.3) is 5.91 Å². The highest BCUT2D eigenvalue weighted by Crippen LogP contribution is 2.39. The van der Waals surface area contributed by atoms with Gasteiger partial charge in [-0.05, 0) is 19.8 Å². The molecule has 2 fully saturated rings. The predicted molar refractivity (Wildman–Crippen MR) is 92.6 cm³/mol. The molecule has 26 heavy (non-hydrogen) atoms. The van der Waals surface area contributed by atoms with E-state index in [1.165, 1.54) is 4.31 Å². The van der Waals surface area contributed by atoms with Gasteiger partial charge in [-0.2, -0.15) is 4.31 Å². The summed E-state index contributed by atoms with van der Waals surface area (Å²) < 4.78 is 26.2. The minimum atomic E-state index is -3.23. The molecule has 1 atom stereocenters. The van der Waals surface area contributed by atoms with Crippen molar-refractivity contribution in [3.05, 3.63) is 23.8 Å². The average Bonchev–Trinajstić information content (AvgIpc) is 3.29. The Bertz CT molecular complexity index is 850. The van der Waals surface area contributed by atoms with Gasteiger partial charge in [-0.3, -0.25) is 14.8 Å². The maximum absolute atomic E-state index is 12.4. The van der Waals surface area contributed by atoms with Gasteiger partial charge in [0.1, 0.15) is 5.71 Å². The number of oxime groups is 1. The first kappa shape index (κ1) is 17.3. The third-order valence-corrected chi connectivity index (χ3v) is 7.30. The van der Waals surface area contributed by atoms with Gasteiger partial charge >= 0.3 is 0 Å². The molecule has 1 N–H and O–H groups in total. The molecule has 1 spiro atoms. The average molecular weight is 379 g/mol. The summed E-state index contributed by atoms with van der Waals surface area (Å²) >= 11 is 0. The van der Waals surface area contributed by atoms with E-state index < -0.39 is 15.6 Å². The molecule has 3 heterocycles. The summed E-state index contributed by atoms with van der Waals surface area (Å²) in [4.78, 5) is 26.2. The lowest BCUT2D eigenvalue weighted by atomic mass is 9.96. The van der Waals surface area contributed by atoms with Crippen LogP contribution in [0.2, 0.25) is 0 Å². The summed E-state index contributed by atoms with van der Waals surface area (Å²) in [5.41, 5.74) is 1.04. The van der Waals surface area contributed by atoms with E-state index >= 15 is 0 Å². The molecule has 0 aromatic carbocycles. The second-order valence-electron chi connectivity index (χ2n) is 7.15.